The Morgan fingerprint density at radius 3 is 2.18 bits per heavy atom. The second-order valence-electron chi connectivity index (χ2n) is 8.19. The number of nitro groups is 1. The molecule has 0 unspecified atom stereocenters. The van der Waals surface area contributed by atoms with Gasteiger partial charge in [0.15, 0.2) is 0 Å². The van der Waals surface area contributed by atoms with E-state index in [9.17, 15) is 24.1 Å². The highest BCUT2D eigenvalue weighted by Crippen LogP contribution is 2.25. The Labute approximate surface area is 223 Å². The molecule has 198 valence electrons. The third kappa shape index (κ3) is 7.76. The number of nitro benzene ring substituents is 1. The van der Waals surface area contributed by atoms with Crippen molar-refractivity contribution in [3.05, 3.63) is 119 Å². The van der Waals surface area contributed by atoms with E-state index < -0.39 is 22.8 Å². The molecular formula is C28H24FN5O5. The number of ether oxygens (including phenoxy) is 1. The molecule has 10 nitrogen and oxygen atoms in total. The van der Waals surface area contributed by atoms with Crippen molar-refractivity contribution >= 4 is 34.8 Å². The van der Waals surface area contributed by atoms with Crippen molar-refractivity contribution in [3.8, 4) is 11.5 Å². The third-order valence-corrected chi connectivity index (χ3v) is 5.41. The standard InChI is InChI=1S/C28H24FN5O5/c29-20-5-4-6-22(19-20)31-27(35)30-17-18-33(28(36)32-21-9-11-24(12-10-21)34(37)38)23-13-15-26(16-14-23)39-25-7-2-1-3-8-25/h1-16,19H,17-18H2,(H,32,36)(H2,30,31,35). The average Bonchev–Trinajstić information content (AvgIpc) is 2.92. The minimum absolute atomic E-state index is 0.0666. The maximum absolute atomic E-state index is 13.4. The fraction of sp³-hybridized carbons (Fsp3) is 0.0714. The number of non-ortho nitro benzene ring substituents is 1. The maximum Gasteiger partial charge on any atom is 0.326 e. The quantitative estimate of drug-likeness (QED) is 0.171. The lowest BCUT2D eigenvalue weighted by molar-refractivity contribution is -0.384. The van der Waals surface area contributed by atoms with Crippen molar-refractivity contribution < 1.29 is 23.6 Å². The topological polar surface area (TPSA) is 126 Å². The summed E-state index contributed by atoms with van der Waals surface area (Å²) in [5.41, 5.74) is 1.06. The van der Waals surface area contributed by atoms with Crippen LogP contribution in [0.4, 0.5) is 36.7 Å². The first-order chi connectivity index (χ1) is 18.9. The summed E-state index contributed by atoms with van der Waals surface area (Å²) in [6.45, 7) is 0.144. The molecule has 39 heavy (non-hydrogen) atoms. The summed E-state index contributed by atoms with van der Waals surface area (Å²) < 4.78 is 19.2. The van der Waals surface area contributed by atoms with E-state index >= 15 is 0 Å². The number of halogens is 1. The molecule has 0 atom stereocenters. The molecule has 4 amide bonds. The number of amides is 4. The molecular weight excluding hydrogens is 505 g/mol. The summed E-state index contributed by atoms with van der Waals surface area (Å²) in [5, 5.41) is 18.8. The smallest absolute Gasteiger partial charge is 0.326 e. The van der Waals surface area contributed by atoms with Crippen molar-refractivity contribution in [1.29, 1.82) is 0 Å². The first-order valence-electron chi connectivity index (χ1n) is 11.8. The molecule has 0 spiro atoms. The van der Waals surface area contributed by atoms with Crippen LogP contribution in [0.1, 0.15) is 0 Å². The van der Waals surface area contributed by atoms with Crippen LogP contribution in [0.15, 0.2) is 103 Å². The highest BCUT2D eigenvalue weighted by molar-refractivity contribution is 6.02. The predicted molar refractivity (Wildman–Crippen MR) is 146 cm³/mol. The molecule has 0 bridgehead atoms. The van der Waals surface area contributed by atoms with Crippen LogP contribution < -0.4 is 25.6 Å². The SMILES string of the molecule is O=C(NCCN(C(=O)Nc1ccc([N+](=O)[O-])cc1)c1ccc(Oc2ccccc2)cc1)Nc1cccc(F)c1. The van der Waals surface area contributed by atoms with Gasteiger partial charge in [-0.3, -0.25) is 15.0 Å². The molecule has 0 saturated carbocycles. The molecule has 0 aromatic heterocycles. The molecule has 4 aromatic rings. The summed E-state index contributed by atoms with van der Waals surface area (Å²) in [4.78, 5) is 37.3. The Kier molecular flexibility index (Phi) is 8.65. The molecule has 0 saturated heterocycles. The van der Waals surface area contributed by atoms with Gasteiger partial charge in [-0.15, -0.1) is 0 Å². The number of urea groups is 2. The molecule has 11 heteroatoms. The van der Waals surface area contributed by atoms with Gasteiger partial charge in [0.25, 0.3) is 5.69 Å². The van der Waals surface area contributed by atoms with Gasteiger partial charge in [-0.1, -0.05) is 24.3 Å². The van der Waals surface area contributed by atoms with Gasteiger partial charge in [-0.05, 0) is 66.7 Å². The summed E-state index contributed by atoms with van der Waals surface area (Å²) in [5.74, 6) is 0.737. The highest BCUT2D eigenvalue weighted by atomic mass is 19.1. The number of para-hydroxylation sites is 1. The molecule has 0 heterocycles. The summed E-state index contributed by atoms with van der Waals surface area (Å²) >= 11 is 0. The molecule has 0 aliphatic carbocycles. The number of rotatable bonds is 9. The van der Waals surface area contributed by atoms with Crippen LogP contribution in [0.3, 0.4) is 0 Å². The molecule has 0 fully saturated rings. The molecule has 0 aliphatic rings. The van der Waals surface area contributed by atoms with E-state index in [1.807, 2.05) is 30.3 Å². The van der Waals surface area contributed by atoms with Gasteiger partial charge >= 0.3 is 12.1 Å². The lowest BCUT2D eigenvalue weighted by Crippen LogP contribution is -2.42. The first kappa shape index (κ1) is 26.6. The Morgan fingerprint density at radius 2 is 1.51 bits per heavy atom. The van der Waals surface area contributed by atoms with E-state index in [0.29, 0.717) is 22.9 Å². The second kappa shape index (κ2) is 12.7. The molecule has 4 aromatic carbocycles. The zero-order chi connectivity index (χ0) is 27.6. The lowest BCUT2D eigenvalue weighted by Gasteiger charge is -2.24. The number of nitrogens with zero attached hydrogens (tertiary/aromatic N) is 2. The minimum Gasteiger partial charge on any atom is -0.457 e. The second-order valence-corrected chi connectivity index (χ2v) is 8.19. The van der Waals surface area contributed by atoms with Crippen LogP contribution in [0.25, 0.3) is 0 Å². The van der Waals surface area contributed by atoms with Crippen molar-refractivity contribution in [3.63, 3.8) is 0 Å². The Hall–Kier alpha value is -5.45. The van der Waals surface area contributed by atoms with Crippen molar-refractivity contribution in [2.75, 3.05) is 28.6 Å². The van der Waals surface area contributed by atoms with Crippen molar-refractivity contribution in [1.82, 2.24) is 5.32 Å². The Balaban J connectivity index is 1.44. The molecule has 0 radical (unpaired) electrons. The number of nitrogens with one attached hydrogen (secondary N) is 3. The van der Waals surface area contributed by atoms with E-state index in [0.717, 1.165) is 0 Å². The van der Waals surface area contributed by atoms with Gasteiger partial charge in [-0.2, -0.15) is 0 Å². The monoisotopic (exact) mass is 529 g/mol. The van der Waals surface area contributed by atoms with Crippen LogP contribution in [0, 0.1) is 15.9 Å². The zero-order valence-corrected chi connectivity index (χ0v) is 20.5. The van der Waals surface area contributed by atoms with E-state index in [4.69, 9.17) is 4.74 Å². The van der Waals surface area contributed by atoms with Crippen molar-refractivity contribution in [2.24, 2.45) is 0 Å². The average molecular weight is 530 g/mol. The maximum atomic E-state index is 13.4. The van der Waals surface area contributed by atoms with Crippen LogP contribution >= 0.6 is 0 Å². The predicted octanol–water partition coefficient (Wildman–Crippen LogP) is 6.39. The van der Waals surface area contributed by atoms with Crippen molar-refractivity contribution in [2.45, 2.75) is 0 Å². The minimum atomic E-state index is -0.567. The molecule has 3 N–H and O–H groups in total. The van der Waals surface area contributed by atoms with E-state index in [2.05, 4.69) is 16.0 Å². The number of carbonyl (C=O) groups is 2. The number of benzene rings is 4. The Bertz CT molecular complexity index is 1430. The van der Waals surface area contributed by atoms with E-state index in [-0.39, 0.29) is 24.5 Å². The van der Waals surface area contributed by atoms with Gasteiger partial charge in [0.05, 0.1) is 4.92 Å². The number of hydrogen-bond donors (Lipinski definition) is 3. The molecule has 4 rings (SSSR count). The van der Waals surface area contributed by atoms with Crippen LogP contribution in [0.2, 0.25) is 0 Å². The van der Waals surface area contributed by atoms with Gasteiger partial charge in [0, 0.05) is 42.3 Å². The number of anilines is 3. The van der Waals surface area contributed by atoms with Gasteiger partial charge in [0.2, 0.25) is 0 Å². The summed E-state index contributed by atoms with van der Waals surface area (Å²) in [6, 6.07) is 25.8. The largest absolute Gasteiger partial charge is 0.457 e. The fourth-order valence-corrected chi connectivity index (χ4v) is 3.55. The van der Waals surface area contributed by atoms with Crippen LogP contribution in [-0.4, -0.2) is 30.1 Å². The van der Waals surface area contributed by atoms with Gasteiger partial charge in [0.1, 0.15) is 17.3 Å². The van der Waals surface area contributed by atoms with E-state index in [1.165, 1.54) is 47.4 Å². The summed E-state index contributed by atoms with van der Waals surface area (Å²) in [7, 11) is 0. The van der Waals surface area contributed by atoms with Crippen LogP contribution in [-0.2, 0) is 0 Å². The number of carbonyl (C=O) groups excluding carboxylic acids is 2. The number of hydrogen-bond acceptors (Lipinski definition) is 5. The van der Waals surface area contributed by atoms with Gasteiger partial charge < -0.3 is 20.7 Å². The van der Waals surface area contributed by atoms with Gasteiger partial charge in [-0.25, -0.2) is 14.0 Å². The fourth-order valence-electron chi connectivity index (χ4n) is 3.55. The van der Waals surface area contributed by atoms with Crippen LogP contribution in [0.5, 0.6) is 11.5 Å². The zero-order valence-electron chi connectivity index (χ0n) is 20.5. The Morgan fingerprint density at radius 1 is 0.821 bits per heavy atom. The molecule has 0 aliphatic heterocycles. The normalized spacial score (nSPS) is 10.3. The first-order valence-corrected chi connectivity index (χ1v) is 11.8. The van der Waals surface area contributed by atoms with E-state index in [1.54, 1.807) is 30.3 Å². The highest BCUT2D eigenvalue weighted by Gasteiger charge is 2.17. The summed E-state index contributed by atoms with van der Waals surface area (Å²) in [6.07, 6.45) is 0. The third-order valence-electron chi connectivity index (χ3n) is 5.41. The lowest BCUT2D eigenvalue weighted by atomic mass is 10.2.